The van der Waals surface area contributed by atoms with Crippen LogP contribution in [0.2, 0.25) is 0 Å². The zero-order valence-corrected chi connectivity index (χ0v) is 15.2. The summed E-state index contributed by atoms with van der Waals surface area (Å²) in [6.45, 7) is 0.624. The van der Waals surface area contributed by atoms with Gasteiger partial charge in [-0.2, -0.15) is 4.99 Å². The Hall–Kier alpha value is -3.04. The van der Waals surface area contributed by atoms with Gasteiger partial charge in [0.1, 0.15) is 11.5 Å². The van der Waals surface area contributed by atoms with Crippen molar-refractivity contribution >= 4 is 27.5 Å². The number of aromatic nitrogens is 1. The summed E-state index contributed by atoms with van der Waals surface area (Å²) in [5, 5.41) is 0. The van der Waals surface area contributed by atoms with Crippen LogP contribution in [-0.2, 0) is 11.3 Å². The van der Waals surface area contributed by atoms with Crippen LogP contribution in [0, 0.1) is 12.3 Å². The Kier molecular flexibility index (Phi) is 5.72. The van der Waals surface area contributed by atoms with Crippen LogP contribution in [0.25, 0.3) is 10.2 Å². The summed E-state index contributed by atoms with van der Waals surface area (Å²) in [4.78, 5) is 17.0. The van der Waals surface area contributed by atoms with Crippen molar-refractivity contribution in [3.63, 3.8) is 0 Å². The summed E-state index contributed by atoms with van der Waals surface area (Å²) in [6.07, 6.45) is 5.67. The second kappa shape index (κ2) is 8.37. The molecule has 2 aromatic carbocycles. The van der Waals surface area contributed by atoms with Crippen molar-refractivity contribution in [2.24, 2.45) is 4.99 Å². The number of carbonyl (C=O) groups excluding carboxylic acids is 1. The topological polar surface area (TPSA) is 52.8 Å². The van der Waals surface area contributed by atoms with Crippen LogP contribution in [0.1, 0.15) is 6.42 Å². The van der Waals surface area contributed by atoms with Gasteiger partial charge in [-0.25, -0.2) is 0 Å². The molecule has 0 bridgehead atoms. The highest BCUT2D eigenvalue weighted by Gasteiger charge is 2.08. The van der Waals surface area contributed by atoms with E-state index in [1.165, 1.54) is 11.3 Å². The van der Waals surface area contributed by atoms with Crippen molar-refractivity contribution in [3.8, 4) is 23.8 Å². The van der Waals surface area contributed by atoms with Crippen LogP contribution in [0.5, 0.6) is 11.5 Å². The van der Waals surface area contributed by atoms with Gasteiger partial charge in [-0.05, 0) is 30.3 Å². The monoisotopic (exact) mass is 366 g/mol. The summed E-state index contributed by atoms with van der Waals surface area (Å²) in [5.41, 5.74) is 0.931. The van der Waals surface area contributed by atoms with E-state index < -0.39 is 0 Å². The second-order valence-corrected chi connectivity index (χ2v) is 6.43. The Balaban J connectivity index is 1.80. The number of thiazole rings is 1. The van der Waals surface area contributed by atoms with Crippen LogP contribution in [0.15, 0.2) is 53.5 Å². The largest absolute Gasteiger partial charge is 0.497 e. The number of hydrogen-bond acceptors (Lipinski definition) is 4. The molecule has 5 nitrogen and oxygen atoms in total. The molecule has 0 saturated carbocycles. The van der Waals surface area contributed by atoms with Gasteiger partial charge in [0.25, 0.3) is 5.91 Å². The second-order valence-electron chi connectivity index (χ2n) is 5.43. The van der Waals surface area contributed by atoms with Crippen molar-refractivity contribution < 1.29 is 14.3 Å². The van der Waals surface area contributed by atoms with E-state index >= 15 is 0 Å². The molecular formula is C20H18N2O3S. The minimum Gasteiger partial charge on any atom is -0.497 e. The molecule has 0 atom stereocenters. The molecule has 0 radical (unpaired) electrons. The lowest BCUT2D eigenvalue weighted by molar-refractivity contribution is -0.118. The first kappa shape index (κ1) is 17.8. The number of amides is 1. The molecule has 132 valence electrons. The Morgan fingerprint density at radius 1 is 1.23 bits per heavy atom. The van der Waals surface area contributed by atoms with Crippen molar-refractivity contribution in [3.05, 3.63) is 53.3 Å². The summed E-state index contributed by atoms with van der Waals surface area (Å²) < 4.78 is 13.6. The molecule has 26 heavy (non-hydrogen) atoms. The zero-order chi connectivity index (χ0) is 18.4. The van der Waals surface area contributed by atoms with Crippen molar-refractivity contribution in [1.29, 1.82) is 0 Å². The normalized spacial score (nSPS) is 11.3. The summed E-state index contributed by atoms with van der Waals surface area (Å²) in [5.74, 6) is 3.85. The summed E-state index contributed by atoms with van der Waals surface area (Å²) in [6, 6.07) is 15.1. The Labute approximate surface area is 155 Å². The molecule has 0 saturated heterocycles. The minimum absolute atomic E-state index is 0.197. The third-order valence-electron chi connectivity index (χ3n) is 3.69. The predicted octanol–water partition coefficient (Wildman–Crippen LogP) is 3.24. The molecule has 0 aliphatic carbocycles. The molecule has 1 aromatic heterocycles. The first-order chi connectivity index (χ1) is 12.7. The Morgan fingerprint density at radius 2 is 2.04 bits per heavy atom. The molecule has 3 rings (SSSR count). The highest BCUT2D eigenvalue weighted by atomic mass is 32.1. The van der Waals surface area contributed by atoms with Crippen LogP contribution < -0.4 is 14.3 Å². The van der Waals surface area contributed by atoms with Gasteiger partial charge in [-0.1, -0.05) is 35.5 Å². The fourth-order valence-electron chi connectivity index (χ4n) is 2.45. The van der Waals surface area contributed by atoms with Crippen molar-refractivity contribution in [1.82, 2.24) is 4.57 Å². The highest BCUT2D eigenvalue weighted by Crippen LogP contribution is 2.23. The molecular weight excluding hydrogens is 348 g/mol. The molecule has 1 heterocycles. The zero-order valence-electron chi connectivity index (χ0n) is 14.3. The van der Waals surface area contributed by atoms with Gasteiger partial charge in [0.05, 0.1) is 36.9 Å². The first-order valence-corrected chi connectivity index (χ1v) is 8.89. The number of hydrogen-bond donors (Lipinski definition) is 0. The van der Waals surface area contributed by atoms with E-state index in [1.807, 2.05) is 53.1 Å². The average molecular weight is 366 g/mol. The molecule has 0 N–H and O–H groups in total. The quantitative estimate of drug-likeness (QED) is 0.630. The first-order valence-electron chi connectivity index (χ1n) is 8.07. The maximum absolute atomic E-state index is 12.2. The SMILES string of the molecule is C#CCn1c(=NC(=O)CCOc2ccccc2)sc2cc(OC)ccc21. The summed E-state index contributed by atoms with van der Waals surface area (Å²) >= 11 is 1.41. The number of nitrogens with zero attached hydrogens (tertiary/aromatic N) is 2. The van der Waals surface area contributed by atoms with Gasteiger partial charge in [0.15, 0.2) is 4.80 Å². The maximum atomic E-state index is 12.2. The molecule has 3 aromatic rings. The van der Waals surface area contributed by atoms with Gasteiger partial charge in [0, 0.05) is 0 Å². The third-order valence-corrected chi connectivity index (χ3v) is 4.73. The van der Waals surface area contributed by atoms with Crippen LogP contribution in [-0.4, -0.2) is 24.2 Å². The average Bonchev–Trinajstić information content (AvgIpc) is 2.99. The lowest BCUT2D eigenvalue weighted by Crippen LogP contribution is -2.17. The van der Waals surface area contributed by atoms with Gasteiger partial charge < -0.3 is 14.0 Å². The molecule has 6 heteroatoms. The van der Waals surface area contributed by atoms with E-state index in [4.69, 9.17) is 15.9 Å². The number of para-hydroxylation sites is 1. The minimum atomic E-state index is -0.245. The summed E-state index contributed by atoms with van der Waals surface area (Å²) in [7, 11) is 1.62. The molecule has 0 fully saturated rings. The highest BCUT2D eigenvalue weighted by molar-refractivity contribution is 7.16. The van der Waals surface area contributed by atoms with Crippen molar-refractivity contribution in [2.75, 3.05) is 13.7 Å². The van der Waals surface area contributed by atoms with Gasteiger partial charge in [-0.3, -0.25) is 4.79 Å². The van der Waals surface area contributed by atoms with E-state index in [-0.39, 0.29) is 18.9 Å². The van der Waals surface area contributed by atoms with Crippen LogP contribution in [0.4, 0.5) is 0 Å². The van der Waals surface area contributed by atoms with Crippen molar-refractivity contribution in [2.45, 2.75) is 13.0 Å². The van der Waals surface area contributed by atoms with E-state index in [2.05, 4.69) is 10.9 Å². The van der Waals surface area contributed by atoms with Gasteiger partial charge in [-0.15, -0.1) is 6.42 Å². The van der Waals surface area contributed by atoms with E-state index in [9.17, 15) is 4.79 Å². The Morgan fingerprint density at radius 3 is 2.77 bits per heavy atom. The molecule has 0 spiro atoms. The molecule has 0 unspecified atom stereocenters. The smallest absolute Gasteiger partial charge is 0.251 e. The standard InChI is InChI=1S/C20H18N2O3S/c1-3-12-22-17-10-9-16(24-2)14-18(17)26-20(22)21-19(23)11-13-25-15-7-5-4-6-8-15/h1,4-10,14H,11-13H2,2H3. The van der Waals surface area contributed by atoms with Crippen LogP contribution in [0.3, 0.4) is 0 Å². The number of methoxy groups -OCH3 is 1. The Bertz CT molecular complexity index is 1010. The number of fused-ring (bicyclic) bond motifs is 1. The van der Waals surface area contributed by atoms with E-state index in [1.54, 1.807) is 7.11 Å². The number of benzene rings is 2. The third kappa shape index (κ3) is 4.13. The number of ether oxygens (including phenoxy) is 2. The fraction of sp³-hybridized carbons (Fsp3) is 0.200. The predicted molar refractivity (Wildman–Crippen MR) is 102 cm³/mol. The lowest BCUT2D eigenvalue weighted by Gasteiger charge is -2.03. The fourth-order valence-corrected chi connectivity index (χ4v) is 3.52. The number of terminal acetylenes is 1. The molecule has 1 amide bonds. The lowest BCUT2D eigenvalue weighted by atomic mass is 10.3. The van der Waals surface area contributed by atoms with Gasteiger partial charge >= 0.3 is 0 Å². The number of rotatable bonds is 6. The number of carbonyl (C=O) groups is 1. The van der Waals surface area contributed by atoms with E-state index in [0.717, 1.165) is 21.7 Å². The van der Waals surface area contributed by atoms with Crippen LogP contribution >= 0.6 is 11.3 Å². The molecule has 0 aliphatic rings. The molecule has 0 aliphatic heterocycles. The maximum Gasteiger partial charge on any atom is 0.251 e. The van der Waals surface area contributed by atoms with E-state index in [0.29, 0.717) is 11.3 Å². The van der Waals surface area contributed by atoms with Gasteiger partial charge in [0.2, 0.25) is 0 Å².